The van der Waals surface area contributed by atoms with E-state index in [0.29, 0.717) is 6.42 Å². The summed E-state index contributed by atoms with van der Waals surface area (Å²) in [5, 5.41) is 9.96. The highest BCUT2D eigenvalue weighted by Gasteiger charge is 2.23. The van der Waals surface area contributed by atoms with E-state index in [4.69, 9.17) is 0 Å². The normalized spacial score (nSPS) is 19.1. The summed E-state index contributed by atoms with van der Waals surface area (Å²) in [5.74, 6) is 0. The Bertz CT molecular complexity index is 171. The molecule has 0 rings (SSSR count). The Labute approximate surface area is 92.6 Å². The third-order valence-electron chi connectivity index (χ3n) is 2.06. The van der Waals surface area contributed by atoms with Crippen LogP contribution >= 0.6 is 0 Å². The highest BCUT2D eigenvalue weighted by molar-refractivity contribution is 4.69. The maximum absolute atomic E-state index is 12.9. The van der Waals surface area contributed by atoms with Gasteiger partial charge in [0.25, 0.3) is 0 Å². The Morgan fingerprint density at radius 3 is 1.88 bits per heavy atom. The van der Waals surface area contributed by atoms with Crippen LogP contribution in [0.1, 0.15) is 19.8 Å². The highest BCUT2D eigenvalue weighted by atomic mass is 19.2. The van der Waals surface area contributed by atoms with Crippen molar-refractivity contribution >= 4 is 0 Å². The number of alkyl halides is 4. The quantitative estimate of drug-likeness (QED) is 0.574. The van der Waals surface area contributed by atoms with Crippen molar-refractivity contribution in [3.63, 3.8) is 0 Å². The fourth-order valence-corrected chi connectivity index (χ4v) is 1.06. The third-order valence-corrected chi connectivity index (χ3v) is 2.06. The van der Waals surface area contributed by atoms with Gasteiger partial charge in [0.05, 0.1) is 13.2 Å². The van der Waals surface area contributed by atoms with Gasteiger partial charge in [-0.15, -0.1) is 0 Å². The number of ether oxygens (including phenoxy) is 1. The van der Waals surface area contributed by atoms with Gasteiger partial charge >= 0.3 is 0 Å². The molecule has 2 nitrogen and oxygen atoms in total. The first kappa shape index (κ1) is 15.6. The summed E-state index contributed by atoms with van der Waals surface area (Å²) in [5.41, 5.74) is 0. The number of hydrogen-bond acceptors (Lipinski definition) is 1. The van der Waals surface area contributed by atoms with E-state index in [1.165, 1.54) is 0 Å². The van der Waals surface area contributed by atoms with E-state index in [1.54, 1.807) is 6.92 Å². The second kappa shape index (κ2) is 8.75. The molecule has 0 saturated heterocycles. The number of rotatable bonds is 9. The van der Waals surface area contributed by atoms with Crippen molar-refractivity contribution in [3.05, 3.63) is 0 Å². The van der Waals surface area contributed by atoms with Gasteiger partial charge in [0.15, 0.2) is 18.5 Å². The monoisotopic (exact) mass is 245 g/mol. The maximum atomic E-state index is 12.9. The van der Waals surface area contributed by atoms with Crippen LogP contribution in [0.25, 0.3) is 0 Å². The molecule has 0 heterocycles. The fourth-order valence-electron chi connectivity index (χ4n) is 1.06. The van der Waals surface area contributed by atoms with Gasteiger partial charge in [-0.05, 0) is 6.42 Å². The van der Waals surface area contributed by atoms with E-state index < -0.39 is 44.5 Å². The zero-order chi connectivity index (χ0) is 12.6. The van der Waals surface area contributed by atoms with Gasteiger partial charge in [-0.3, -0.25) is 0 Å². The summed E-state index contributed by atoms with van der Waals surface area (Å²) in [6, 6.07) is 0. The lowest BCUT2D eigenvalue weighted by molar-refractivity contribution is -0.0176. The average molecular weight is 245 g/mol. The summed E-state index contributed by atoms with van der Waals surface area (Å²) in [6.07, 6.45) is -7.16. The standard InChI is InChI=1S/C10H17F4O2/c1-2-3-7(11)9(13)5-16-6-10(14)8(12)4-15/h7-10H,2-6H2,1H3/t7-,8?,9-,10?/m1/s1. The van der Waals surface area contributed by atoms with Gasteiger partial charge in [0.2, 0.25) is 0 Å². The predicted molar refractivity (Wildman–Crippen MR) is 50.9 cm³/mol. The lowest BCUT2D eigenvalue weighted by atomic mass is 10.1. The van der Waals surface area contributed by atoms with Crippen LogP contribution in [0.5, 0.6) is 0 Å². The lowest BCUT2D eigenvalue weighted by Gasteiger charge is -2.15. The Kier molecular flexibility index (Phi) is 8.56. The van der Waals surface area contributed by atoms with Gasteiger partial charge in [-0.1, -0.05) is 13.3 Å². The molecule has 0 fully saturated rings. The summed E-state index contributed by atoms with van der Waals surface area (Å²) >= 11 is 0. The Morgan fingerprint density at radius 2 is 1.44 bits per heavy atom. The Hall–Kier alpha value is -0.360. The molecule has 6 heteroatoms. The molecule has 0 aliphatic carbocycles. The van der Waals surface area contributed by atoms with Crippen molar-refractivity contribution in [2.75, 3.05) is 19.8 Å². The van der Waals surface area contributed by atoms with Gasteiger partial charge in [-0.2, -0.15) is 0 Å². The van der Waals surface area contributed by atoms with Crippen LogP contribution in [-0.2, 0) is 9.84 Å². The SMILES string of the molecule is CCC[C@@H](F)[C@H](F)COCC(F)C(F)C[O]. The second-order valence-electron chi connectivity index (χ2n) is 3.56. The van der Waals surface area contributed by atoms with E-state index in [-0.39, 0.29) is 6.42 Å². The molecule has 0 aliphatic heterocycles. The van der Waals surface area contributed by atoms with Crippen LogP contribution in [0.15, 0.2) is 0 Å². The van der Waals surface area contributed by atoms with Crippen LogP contribution in [-0.4, -0.2) is 44.5 Å². The molecule has 0 spiro atoms. The predicted octanol–water partition coefficient (Wildman–Crippen LogP) is 2.59. The van der Waals surface area contributed by atoms with E-state index in [9.17, 15) is 22.7 Å². The van der Waals surface area contributed by atoms with Crippen molar-refractivity contribution in [2.45, 2.75) is 44.5 Å². The first-order valence-electron chi connectivity index (χ1n) is 5.25. The first-order valence-corrected chi connectivity index (χ1v) is 5.25. The minimum atomic E-state index is -2.16. The van der Waals surface area contributed by atoms with Crippen molar-refractivity contribution in [1.29, 1.82) is 0 Å². The molecular formula is C10H17F4O2. The molecule has 0 aromatic rings. The summed E-state index contributed by atoms with van der Waals surface area (Å²) in [7, 11) is 0. The number of halogens is 4. The molecule has 0 aromatic heterocycles. The van der Waals surface area contributed by atoms with Crippen LogP contribution in [0.3, 0.4) is 0 Å². The maximum Gasteiger partial charge on any atom is 0.160 e. The molecule has 0 amide bonds. The van der Waals surface area contributed by atoms with E-state index in [0.717, 1.165) is 0 Å². The van der Waals surface area contributed by atoms with Gasteiger partial charge < -0.3 is 4.74 Å². The van der Waals surface area contributed by atoms with Crippen molar-refractivity contribution in [1.82, 2.24) is 0 Å². The molecule has 0 aromatic carbocycles. The van der Waals surface area contributed by atoms with Crippen molar-refractivity contribution in [2.24, 2.45) is 0 Å². The molecule has 1 radical (unpaired) electrons. The molecule has 0 bridgehead atoms. The number of hydrogen-bond donors (Lipinski definition) is 0. The molecule has 0 N–H and O–H groups in total. The smallest absolute Gasteiger partial charge is 0.160 e. The van der Waals surface area contributed by atoms with Crippen LogP contribution in [0.2, 0.25) is 0 Å². The summed E-state index contributed by atoms with van der Waals surface area (Å²) < 4.78 is 55.4. The highest BCUT2D eigenvalue weighted by Crippen LogP contribution is 2.12. The fraction of sp³-hybridized carbons (Fsp3) is 1.00. The first-order chi connectivity index (χ1) is 7.52. The minimum Gasteiger partial charge on any atom is -0.375 e. The van der Waals surface area contributed by atoms with E-state index >= 15 is 0 Å². The average Bonchev–Trinajstić information content (AvgIpc) is 2.27. The molecule has 0 saturated carbocycles. The molecule has 0 aliphatic rings. The molecule has 4 atom stereocenters. The van der Waals surface area contributed by atoms with E-state index in [2.05, 4.69) is 4.74 Å². The molecule has 16 heavy (non-hydrogen) atoms. The second-order valence-corrected chi connectivity index (χ2v) is 3.56. The molecule has 97 valence electrons. The van der Waals surface area contributed by atoms with Gasteiger partial charge in [0.1, 0.15) is 12.8 Å². The lowest BCUT2D eigenvalue weighted by Crippen LogP contribution is -2.29. The Morgan fingerprint density at radius 1 is 0.938 bits per heavy atom. The zero-order valence-corrected chi connectivity index (χ0v) is 9.17. The zero-order valence-electron chi connectivity index (χ0n) is 9.17. The van der Waals surface area contributed by atoms with Gasteiger partial charge in [-0.25, -0.2) is 22.7 Å². The van der Waals surface area contributed by atoms with E-state index in [1.807, 2.05) is 0 Å². The van der Waals surface area contributed by atoms with Crippen LogP contribution in [0, 0.1) is 0 Å². The molecule has 2 unspecified atom stereocenters. The summed E-state index contributed by atoms with van der Waals surface area (Å²) in [4.78, 5) is 0. The van der Waals surface area contributed by atoms with Crippen LogP contribution < -0.4 is 0 Å². The molecular weight excluding hydrogens is 228 g/mol. The minimum absolute atomic E-state index is 0.0654. The summed E-state index contributed by atoms with van der Waals surface area (Å²) in [6.45, 7) is -0.833. The van der Waals surface area contributed by atoms with Gasteiger partial charge in [0, 0.05) is 0 Å². The third kappa shape index (κ3) is 6.27. The van der Waals surface area contributed by atoms with Crippen LogP contribution in [0.4, 0.5) is 17.6 Å². The van der Waals surface area contributed by atoms with Crippen molar-refractivity contribution in [3.8, 4) is 0 Å². The largest absolute Gasteiger partial charge is 0.375 e. The van der Waals surface area contributed by atoms with Crippen molar-refractivity contribution < 1.29 is 27.4 Å². The topological polar surface area (TPSA) is 29.1 Å². The Balaban J connectivity index is 3.64.